The number of aromatic hydroxyl groups is 1. The minimum atomic E-state index is -0.318. The van der Waals surface area contributed by atoms with Gasteiger partial charge in [0.2, 0.25) is 5.88 Å². The van der Waals surface area contributed by atoms with E-state index in [0.717, 1.165) is 19.6 Å². The Hall–Kier alpha value is -2.63. The minimum absolute atomic E-state index is 0.164. The number of pyridine rings is 1. The van der Waals surface area contributed by atoms with E-state index in [4.69, 9.17) is 11.6 Å². The summed E-state index contributed by atoms with van der Waals surface area (Å²) in [5.74, 6) is -0.164. The molecule has 0 bridgehead atoms. The maximum atomic E-state index is 13.0. The monoisotopic (exact) mass is 397 g/mol. The van der Waals surface area contributed by atoms with Gasteiger partial charge < -0.3 is 10.0 Å². The molecule has 1 heterocycles. The summed E-state index contributed by atoms with van der Waals surface area (Å²) in [6, 6.07) is 14.2. The summed E-state index contributed by atoms with van der Waals surface area (Å²) in [6.45, 7) is 7.63. The highest BCUT2D eigenvalue weighted by Gasteiger charge is 2.17. The van der Waals surface area contributed by atoms with E-state index < -0.39 is 0 Å². The molecule has 1 N–H and O–H groups in total. The van der Waals surface area contributed by atoms with Gasteiger partial charge >= 0.3 is 0 Å². The number of hydrogen-bond donors (Lipinski definition) is 1. The number of nitrogens with zero attached hydrogens (tertiary/aromatic N) is 3. The summed E-state index contributed by atoms with van der Waals surface area (Å²) < 4.78 is 1.25. The number of para-hydroxylation sites is 1. The zero-order valence-corrected chi connectivity index (χ0v) is 16.9. The fourth-order valence-electron chi connectivity index (χ4n) is 3.24. The third-order valence-electron chi connectivity index (χ3n) is 4.86. The van der Waals surface area contributed by atoms with Crippen molar-refractivity contribution in [1.82, 2.24) is 9.47 Å². The first-order chi connectivity index (χ1) is 13.6. The molecule has 146 valence electrons. The molecule has 0 amide bonds. The van der Waals surface area contributed by atoms with Gasteiger partial charge in [-0.05, 0) is 31.3 Å². The van der Waals surface area contributed by atoms with Crippen molar-refractivity contribution in [2.45, 2.75) is 13.8 Å². The number of likely N-dealkylation sites (N-methyl/N-ethyl adjacent to an activating group) is 1. The third kappa shape index (κ3) is 3.96. The zero-order valence-electron chi connectivity index (χ0n) is 16.1. The van der Waals surface area contributed by atoms with E-state index in [9.17, 15) is 9.90 Å². The summed E-state index contributed by atoms with van der Waals surface area (Å²) in [4.78, 5) is 19.8. The lowest BCUT2D eigenvalue weighted by atomic mass is 10.1. The summed E-state index contributed by atoms with van der Waals surface area (Å²) in [5.41, 5.74) is 0.631. The Kier molecular flexibility index (Phi) is 6.49. The van der Waals surface area contributed by atoms with Crippen molar-refractivity contribution in [2.24, 2.45) is 4.99 Å². The summed E-state index contributed by atoms with van der Waals surface area (Å²) in [7, 11) is 0. The van der Waals surface area contributed by atoms with Crippen molar-refractivity contribution in [2.75, 3.05) is 26.2 Å². The van der Waals surface area contributed by atoms with Crippen molar-refractivity contribution >= 4 is 28.6 Å². The lowest BCUT2D eigenvalue weighted by Gasteiger charge is -2.16. The number of rotatable bonds is 7. The average Bonchev–Trinajstić information content (AvgIpc) is 2.71. The smallest absolute Gasteiger partial charge is 0.265 e. The maximum Gasteiger partial charge on any atom is 0.265 e. The molecule has 0 aliphatic rings. The lowest BCUT2D eigenvalue weighted by Crippen LogP contribution is -2.25. The van der Waals surface area contributed by atoms with E-state index in [2.05, 4.69) is 23.7 Å². The maximum absolute atomic E-state index is 13.0. The third-order valence-corrected chi connectivity index (χ3v) is 5.18. The standard InChI is InChI=1S/C22H24ClN3O2/c1-3-25(4-2)14-13-24-15-18-16-9-5-6-10-17(16)21(27)26(22(18)28)20-12-8-7-11-19(20)23/h5-12,15,28H,3-4,13-14H2,1-2H3. The molecule has 6 heteroatoms. The molecule has 0 aliphatic heterocycles. The van der Waals surface area contributed by atoms with Crippen LogP contribution in [0.1, 0.15) is 19.4 Å². The number of aromatic nitrogens is 1. The molecule has 2 aromatic carbocycles. The molecule has 3 rings (SSSR count). The molecule has 0 radical (unpaired) electrons. The van der Waals surface area contributed by atoms with Crippen LogP contribution in [0.3, 0.4) is 0 Å². The van der Waals surface area contributed by atoms with Crippen molar-refractivity contribution < 1.29 is 5.11 Å². The SMILES string of the molecule is CCN(CC)CCN=Cc1c(O)n(-c2ccccc2Cl)c(=O)c2ccccc12. The van der Waals surface area contributed by atoms with E-state index in [1.54, 1.807) is 42.6 Å². The molecule has 0 unspecified atom stereocenters. The second-order valence-electron chi connectivity index (χ2n) is 6.44. The molecule has 28 heavy (non-hydrogen) atoms. The van der Waals surface area contributed by atoms with E-state index in [0.29, 0.717) is 33.6 Å². The van der Waals surface area contributed by atoms with Crippen LogP contribution in [0, 0.1) is 0 Å². The molecule has 0 aliphatic carbocycles. The molecule has 0 saturated carbocycles. The number of benzene rings is 2. The second-order valence-corrected chi connectivity index (χ2v) is 6.84. The predicted molar refractivity (Wildman–Crippen MR) is 116 cm³/mol. The molecule has 0 fully saturated rings. The highest BCUT2D eigenvalue weighted by Crippen LogP contribution is 2.28. The first-order valence-corrected chi connectivity index (χ1v) is 9.80. The van der Waals surface area contributed by atoms with E-state index >= 15 is 0 Å². The number of halogens is 1. The fourth-order valence-corrected chi connectivity index (χ4v) is 3.46. The Morgan fingerprint density at radius 1 is 1.07 bits per heavy atom. The van der Waals surface area contributed by atoms with Gasteiger partial charge in [0.05, 0.1) is 22.8 Å². The first-order valence-electron chi connectivity index (χ1n) is 9.42. The van der Waals surface area contributed by atoms with Gasteiger partial charge in [-0.1, -0.05) is 55.8 Å². The summed E-state index contributed by atoms with van der Waals surface area (Å²) in [6.07, 6.45) is 1.65. The van der Waals surface area contributed by atoms with Crippen LogP contribution in [0.15, 0.2) is 58.3 Å². The van der Waals surface area contributed by atoms with Crippen molar-refractivity contribution in [1.29, 1.82) is 0 Å². The van der Waals surface area contributed by atoms with E-state index in [1.165, 1.54) is 4.57 Å². The Balaban J connectivity index is 2.12. The van der Waals surface area contributed by atoms with Crippen LogP contribution >= 0.6 is 11.6 Å². The summed E-state index contributed by atoms with van der Waals surface area (Å²) >= 11 is 6.29. The number of aliphatic imine (C=N–C) groups is 1. The highest BCUT2D eigenvalue weighted by atomic mass is 35.5. The van der Waals surface area contributed by atoms with Crippen molar-refractivity contribution in [3.63, 3.8) is 0 Å². The highest BCUT2D eigenvalue weighted by molar-refractivity contribution is 6.32. The van der Waals surface area contributed by atoms with Gasteiger partial charge in [0.1, 0.15) is 0 Å². The molecule has 0 saturated heterocycles. The zero-order chi connectivity index (χ0) is 20.1. The van der Waals surface area contributed by atoms with Crippen LogP contribution in [-0.4, -0.2) is 47.0 Å². The predicted octanol–water partition coefficient (Wildman–Crippen LogP) is 4.11. The van der Waals surface area contributed by atoms with Crippen LogP contribution in [0.2, 0.25) is 5.02 Å². The second kappa shape index (κ2) is 9.04. The molecule has 0 atom stereocenters. The lowest BCUT2D eigenvalue weighted by molar-refractivity contribution is 0.313. The van der Waals surface area contributed by atoms with Crippen LogP contribution in [0.25, 0.3) is 16.5 Å². The van der Waals surface area contributed by atoms with Gasteiger partial charge in [-0.2, -0.15) is 0 Å². The van der Waals surface area contributed by atoms with Crippen LogP contribution in [0.5, 0.6) is 5.88 Å². The van der Waals surface area contributed by atoms with E-state index in [-0.39, 0.29) is 11.4 Å². The van der Waals surface area contributed by atoms with Crippen LogP contribution in [-0.2, 0) is 0 Å². The van der Waals surface area contributed by atoms with Crippen LogP contribution in [0.4, 0.5) is 0 Å². The fraction of sp³-hybridized carbons (Fsp3) is 0.273. The van der Waals surface area contributed by atoms with Crippen molar-refractivity contribution in [3.05, 3.63) is 69.5 Å². The molecular weight excluding hydrogens is 374 g/mol. The van der Waals surface area contributed by atoms with Gasteiger partial charge in [-0.15, -0.1) is 0 Å². The van der Waals surface area contributed by atoms with Gasteiger partial charge in [0, 0.05) is 23.5 Å². The number of hydrogen-bond acceptors (Lipinski definition) is 4. The average molecular weight is 398 g/mol. The van der Waals surface area contributed by atoms with Crippen molar-refractivity contribution in [3.8, 4) is 11.6 Å². The van der Waals surface area contributed by atoms with Gasteiger partial charge in [0.25, 0.3) is 5.56 Å². The van der Waals surface area contributed by atoms with Gasteiger partial charge in [0.15, 0.2) is 0 Å². The number of fused-ring (bicyclic) bond motifs is 1. The van der Waals surface area contributed by atoms with E-state index in [1.807, 2.05) is 12.1 Å². The Bertz CT molecular complexity index is 1060. The van der Waals surface area contributed by atoms with Gasteiger partial charge in [-0.25, -0.2) is 4.57 Å². The van der Waals surface area contributed by atoms with Gasteiger partial charge in [-0.3, -0.25) is 9.79 Å². The van der Waals surface area contributed by atoms with Crippen LogP contribution < -0.4 is 5.56 Å². The Morgan fingerprint density at radius 2 is 1.71 bits per heavy atom. The molecule has 3 aromatic rings. The Morgan fingerprint density at radius 3 is 2.39 bits per heavy atom. The molecule has 1 aromatic heterocycles. The minimum Gasteiger partial charge on any atom is -0.494 e. The quantitative estimate of drug-likeness (QED) is 0.610. The molecule has 5 nitrogen and oxygen atoms in total. The molecule has 0 spiro atoms. The Labute approximate surface area is 169 Å². The first kappa shape index (κ1) is 20.1. The normalized spacial score (nSPS) is 11.7. The summed E-state index contributed by atoms with van der Waals surface area (Å²) in [5, 5.41) is 12.5. The molecular formula is C22H24ClN3O2. The topological polar surface area (TPSA) is 57.8 Å². The largest absolute Gasteiger partial charge is 0.494 e.